The van der Waals surface area contributed by atoms with Crippen molar-refractivity contribution >= 4 is 23.8 Å². The lowest BCUT2D eigenvalue weighted by Gasteiger charge is -2.13. The third-order valence-electron chi connectivity index (χ3n) is 1.14. The first-order valence-corrected chi connectivity index (χ1v) is 3.74. The van der Waals surface area contributed by atoms with E-state index in [1.54, 1.807) is 5.94 Å². The van der Waals surface area contributed by atoms with E-state index in [-0.39, 0.29) is 5.82 Å². The highest BCUT2D eigenvalue weighted by molar-refractivity contribution is 6.39. The molecule has 0 bridgehead atoms. The summed E-state index contributed by atoms with van der Waals surface area (Å²) < 4.78 is 5.07. The molecule has 12 heavy (non-hydrogen) atoms. The van der Waals surface area contributed by atoms with Crippen LogP contribution in [-0.4, -0.2) is 18.8 Å². The van der Waals surface area contributed by atoms with Crippen molar-refractivity contribution in [2.75, 3.05) is 6.61 Å². The average Bonchev–Trinajstić information content (AvgIpc) is 2.09. The van der Waals surface area contributed by atoms with Gasteiger partial charge in [0.05, 0.1) is 12.8 Å². The first-order chi connectivity index (χ1) is 5.77. The van der Waals surface area contributed by atoms with Crippen LogP contribution in [0.3, 0.4) is 0 Å². The Bertz CT molecular complexity index is 290. The Balaban J connectivity index is 2.82. The first-order valence-electron chi connectivity index (χ1n) is 3.36. The van der Waals surface area contributed by atoms with Gasteiger partial charge in [0.25, 0.3) is 0 Å². The van der Waals surface area contributed by atoms with E-state index >= 15 is 0 Å². The quantitative estimate of drug-likeness (QED) is 0.649. The highest BCUT2D eigenvalue weighted by atomic mass is 35.5. The van der Waals surface area contributed by atoms with Gasteiger partial charge in [-0.1, -0.05) is 11.6 Å². The second kappa shape index (κ2) is 3.95. The molecule has 0 radical (unpaired) electrons. The Morgan fingerprint density at radius 3 is 3.17 bits per heavy atom. The number of nitrogens with zero attached hydrogens (tertiary/aromatic N) is 1. The van der Waals surface area contributed by atoms with Crippen LogP contribution in [-0.2, 0) is 9.53 Å². The molecular weight excluding hydrogens is 180 g/mol. The lowest BCUT2D eigenvalue weighted by atomic mass is 10.5. The zero-order chi connectivity index (χ0) is 8.97. The van der Waals surface area contributed by atoms with Crippen molar-refractivity contribution < 1.29 is 9.53 Å². The zero-order valence-corrected chi connectivity index (χ0v) is 7.18. The molecule has 0 aliphatic carbocycles. The van der Waals surface area contributed by atoms with Gasteiger partial charge in [0.15, 0.2) is 5.94 Å². The summed E-state index contributed by atoms with van der Waals surface area (Å²) in [7, 11) is 0. The zero-order valence-electron chi connectivity index (χ0n) is 6.43. The number of hydrogen-bond donors (Lipinski definition) is 1. The fourth-order valence-electron chi connectivity index (χ4n) is 0.681. The molecule has 0 unspecified atom stereocenters. The average molecular weight is 187 g/mol. The SMILES string of the molecule is CCOC1=C(Cl)C=NC(=C=O)N1. The maximum atomic E-state index is 10.2. The van der Waals surface area contributed by atoms with E-state index in [1.165, 1.54) is 6.21 Å². The topological polar surface area (TPSA) is 50.7 Å². The van der Waals surface area contributed by atoms with Crippen molar-refractivity contribution in [3.05, 3.63) is 16.7 Å². The summed E-state index contributed by atoms with van der Waals surface area (Å²) >= 11 is 5.68. The van der Waals surface area contributed by atoms with Gasteiger partial charge < -0.3 is 10.1 Å². The number of allylic oxidation sites excluding steroid dienone is 1. The number of ether oxygens (including phenoxy) is 1. The summed E-state index contributed by atoms with van der Waals surface area (Å²) in [6, 6.07) is 0. The van der Waals surface area contributed by atoms with Gasteiger partial charge in [0.2, 0.25) is 11.7 Å². The molecule has 0 aromatic heterocycles. The summed E-state index contributed by atoms with van der Waals surface area (Å²) in [6.45, 7) is 2.29. The van der Waals surface area contributed by atoms with Crippen molar-refractivity contribution in [3.63, 3.8) is 0 Å². The van der Waals surface area contributed by atoms with Gasteiger partial charge in [-0.15, -0.1) is 0 Å². The number of aliphatic imine (C=N–C) groups is 1. The maximum absolute atomic E-state index is 10.2. The molecule has 5 heteroatoms. The molecular formula is C7H7ClN2O2. The molecule has 0 aromatic carbocycles. The van der Waals surface area contributed by atoms with Gasteiger partial charge in [-0.25, -0.2) is 9.79 Å². The molecule has 0 fully saturated rings. The normalized spacial score (nSPS) is 15.7. The Hall–Kier alpha value is -1.25. The summed E-state index contributed by atoms with van der Waals surface area (Å²) in [5, 5.41) is 2.92. The van der Waals surface area contributed by atoms with Gasteiger partial charge in [0, 0.05) is 0 Å². The van der Waals surface area contributed by atoms with Crippen LogP contribution in [0.15, 0.2) is 21.7 Å². The van der Waals surface area contributed by atoms with E-state index in [1.807, 2.05) is 6.92 Å². The lowest BCUT2D eigenvalue weighted by Crippen LogP contribution is -2.19. The first kappa shape index (κ1) is 8.84. The third kappa shape index (κ3) is 1.87. The minimum atomic E-state index is 0.0721. The van der Waals surface area contributed by atoms with Crippen molar-refractivity contribution in [3.8, 4) is 0 Å². The van der Waals surface area contributed by atoms with Crippen molar-refractivity contribution in [1.82, 2.24) is 5.32 Å². The fourth-order valence-corrected chi connectivity index (χ4v) is 0.831. The number of carbonyl (C=O) groups excluding carboxylic acids is 1. The maximum Gasteiger partial charge on any atom is 0.219 e. The summed E-state index contributed by atoms with van der Waals surface area (Å²) in [4.78, 5) is 13.8. The molecule has 0 spiro atoms. The van der Waals surface area contributed by atoms with Crippen molar-refractivity contribution in [2.24, 2.45) is 4.99 Å². The van der Waals surface area contributed by atoms with Crippen LogP contribution in [0, 0.1) is 0 Å². The standard InChI is InChI=1S/C7H7ClN2O2/c1-2-12-7-5(8)3-9-6(4-11)10-7/h3,10H,2H2,1H3. The van der Waals surface area contributed by atoms with Gasteiger partial charge in [-0.05, 0) is 6.92 Å². The van der Waals surface area contributed by atoms with Crippen molar-refractivity contribution in [1.29, 1.82) is 0 Å². The molecule has 0 saturated heterocycles. The molecule has 1 heterocycles. The Labute approximate surface area is 74.6 Å². The van der Waals surface area contributed by atoms with Crippen molar-refractivity contribution in [2.45, 2.75) is 6.92 Å². The number of rotatable bonds is 2. The van der Waals surface area contributed by atoms with Crippen LogP contribution in [0.5, 0.6) is 0 Å². The molecule has 4 nitrogen and oxygen atoms in total. The highest BCUT2D eigenvalue weighted by Crippen LogP contribution is 2.12. The van der Waals surface area contributed by atoms with Gasteiger partial charge >= 0.3 is 0 Å². The molecule has 1 aliphatic heterocycles. The van der Waals surface area contributed by atoms with Gasteiger partial charge in [-0.2, -0.15) is 0 Å². The minimum Gasteiger partial charge on any atom is -0.478 e. The molecule has 0 atom stereocenters. The molecule has 0 aromatic rings. The summed E-state index contributed by atoms with van der Waals surface area (Å²) in [6.07, 6.45) is 1.34. The number of halogens is 1. The number of nitrogens with one attached hydrogen (secondary N) is 1. The van der Waals surface area contributed by atoms with E-state index in [0.29, 0.717) is 17.5 Å². The summed E-state index contributed by atoms with van der Waals surface area (Å²) in [5.74, 6) is 2.01. The largest absolute Gasteiger partial charge is 0.478 e. The molecule has 64 valence electrons. The fraction of sp³-hybridized carbons (Fsp3) is 0.286. The second-order valence-electron chi connectivity index (χ2n) is 1.94. The minimum absolute atomic E-state index is 0.0721. The number of hydrogen-bond acceptors (Lipinski definition) is 4. The Morgan fingerprint density at radius 2 is 2.58 bits per heavy atom. The predicted octanol–water partition coefficient (Wildman–Crippen LogP) is 0.778. The highest BCUT2D eigenvalue weighted by Gasteiger charge is 2.11. The molecule has 1 aliphatic rings. The predicted molar refractivity (Wildman–Crippen MR) is 45.3 cm³/mol. The van der Waals surface area contributed by atoms with Gasteiger partial charge in [0.1, 0.15) is 5.03 Å². The van der Waals surface area contributed by atoms with Crippen LogP contribution in [0.4, 0.5) is 0 Å². The lowest BCUT2D eigenvalue weighted by molar-refractivity contribution is 0.210. The van der Waals surface area contributed by atoms with Crippen LogP contribution < -0.4 is 5.32 Å². The smallest absolute Gasteiger partial charge is 0.219 e. The molecule has 1 rings (SSSR count). The molecule has 0 saturated carbocycles. The van der Waals surface area contributed by atoms with E-state index < -0.39 is 0 Å². The van der Waals surface area contributed by atoms with E-state index in [4.69, 9.17) is 16.3 Å². The molecule has 0 amide bonds. The Morgan fingerprint density at radius 1 is 1.83 bits per heavy atom. The van der Waals surface area contributed by atoms with Crippen LogP contribution in [0.25, 0.3) is 0 Å². The van der Waals surface area contributed by atoms with E-state index in [0.717, 1.165) is 0 Å². The van der Waals surface area contributed by atoms with Crippen LogP contribution in [0.2, 0.25) is 0 Å². The van der Waals surface area contributed by atoms with Crippen LogP contribution >= 0.6 is 11.6 Å². The molecule has 1 N–H and O–H groups in total. The summed E-state index contributed by atoms with van der Waals surface area (Å²) in [5.41, 5.74) is 0. The monoisotopic (exact) mass is 186 g/mol. The second-order valence-corrected chi connectivity index (χ2v) is 2.35. The van der Waals surface area contributed by atoms with E-state index in [9.17, 15) is 4.79 Å². The van der Waals surface area contributed by atoms with Gasteiger partial charge in [-0.3, -0.25) is 0 Å². The van der Waals surface area contributed by atoms with E-state index in [2.05, 4.69) is 10.3 Å². The van der Waals surface area contributed by atoms with Crippen LogP contribution in [0.1, 0.15) is 6.92 Å². The Kier molecular flexibility index (Phi) is 2.91. The third-order valence-corrected chi connectivity index (χ3v) is 1.41.